The van der Waals surface area contributed by atoms with Crippen LogP contribution in [0.1, 0.15) is 16.1 Å². The Bertz CT molecular complexity index is 1230. The molecule has 0 bridgehead atoms. The Labute approximate surface area is 181 Å². The zero-order chi connectivity index (χ0) is 21.1. The van der Waals surface area contributed by atoms with Crippen LogP contribution in [0.4, 0.5) is 17.3 Å². The van der Waals surface area contributed by atoms with Crippen LogP contribution in [0.3, 0.4) is 0 Å². The van der Waals surface area contributed by atoms with Crippen molar-refractivity contribution in [1.82, 2.24) is 10.2 Å². The van der Waals surface area contributed by atoms with Crippen LogP contribution in [-0.2, 0) is 0 Å². The predicted octanol–water partition coefficient (Wildman–Crippen LogP) is 5.57. The van der Waals surface area contributed by atoms with Gasteiger partial charge in [-0.25, -0.2) is 4.99 Å². The molecule has 2 aromatic heterocycles. The highest BCUT2D eigenvalue weighted by Crippen LogP contribution is 2.28. The molecule has 2 heterocycles. The maximum Gasteiger partial charge on any atom is 0.256 e. The average molecular weight is 440 g/mol. The van der Waals surface area contributed by atoms with Crippen LogP contribution in [0, 0.1) is 0 Å². The number of rotatable bonds is 6. The third-order valence-electron chi connectivity index (χ3n) is 4.16. The summed E-state index contributed by atoms with van der Waals surface area (Å²) in [7, 11) is 0. The van der Waals surface area contributed by atoms with Gasteiger partial charge in [-0.15, -0.1) is 0 Å². The first kappa shape index (κ1) is 19.8. The zero-order valence-electron chi connectivity index (χ0n) is 15.4. The van der Waals surface area contributed by atoms with E-state index < -0.39 is 5.91 Å². The van der Waals surface area contributed by atoms with Gasteiger partial charge in [0.1, 0.15) is 17.1 Å². The lowest BCUT2D eigenvalue weighted by Crippen LogP contribution is -2.12. The molecule has 0 spiro atoms. The maximum absolute atomic E-state index is 12.0. The van der Waals surface area contributed by atoms with Crippen molar-refractivity contribution in [3.8, 4) is 11.3 Å². The van der Waals surface area contributed by atoms with Crippen LogP contribution in [0.2, 0.25) is 10.0 Å². The second-order valence-electron chi connectivity index (χ2n) is 6.26. The summed E-state index contributed by atoms with van der Waals surface area (Å²) in [6.45, 7) is 0. The molecule has 150 valence electrons. The van der Waals surface area contributed by atoms with Crippen molar-refractivity contribution in [2.45, 2.75) is 0 Å². The summed E-state index contributed by atoms with van der Waals surface area (Å²) >= 11 is 11.9. The summed E-state index contributed by atoms with van der Waals surface area (Å²) in [6.07, 6.45) is 1.47. The van der Waals surface area contributed by atoms with E-state index in [4.69, 9.17) is 33.4 Å². The predicted molar refractivity (Wildman–Crippen MR) is 118 cm³/mol. The number of aliphatic imine (C=N–C) groups is 1. The molecule has 9 heteroatoms. The number of primary amides is 1. The third kappa shape index (κ3) is 4.37. The van der Waals surface area contributed by atoms with E-state index in [0.717, 1.165) is 5.56 Å². The van der Waals surface area contributed by atoms with E-state index in [1.807, 2.05) is 18.2 Å². The van der Waals surface area contributed by atoms with E-state index in [0.29, 0.717) is 27.3 Å². The number of carbonyl (C=O) groups excluding carboxylic acids is 1. The standard InChI is InChI=1S/C21H15Cl2N5O2/c22-13-6-4-12(5-7-13)17-9-8-16(30-17)11-25-20-18(19(24)29)21(28-27-20)26-15-3-1-2-14(23)10-15/h1-11H,(H2,24,29)(H2,26,27,28)/b25-11+. The first-order valence-electron chi connectivity index (χ1n) is 8.80. The Hall–Kier alpha value is -3.55. The van der Waals surface area contributed by atoms with Gasteiger partial charge in [-0.1, -0.05) is 29.3 Å². The number of carbonyl (C=O) groups is 1. The van der Waals surface area contributed by atoms with Gasteiger partial charge < -0.3 is 15.5 Å². The number of nitrogens with two attached hydrogens (primary N) is 1. The van der Waals surface area contributed by atoms with Gasteiger partial charge in [-0.3, -0.25) is 9.89 Å². The highest BCUT2D eigenvalue weighted by Gasteiger charge is 2.18. The Morgan fingerprint density at radius 2 is 1.90 bits per heavy atom. The fourth-order valence-corrected chi connectivity index (χ4v) is 3.09. The third-order valence-corrected chi connectivity index (χ3v) is 4.64. The number of aromatic amines is 1. The van der Waals surface area contributed by atoms with E-state index in [2.05, 4.69) is 20.5 Å². The number of aromatic nitrogens is 2. The summed E-state index contributed by atoms with van der Waals surface area (Å²) in [5, 5.41) is 11.0. The van der Waals surface area contributed by atoms with E-state index in [-0.39, 0.29) is 17.2 Å². The minimum atomic E-state index is -0.679. The fraction of sp³-hybridized carbons (Fsp3) is 0. The minimum absolute atomic E-state index is 0.121. The fourth-order valence-electron chi connectivity index (χ4n) is 2.77. The van der Waals surface area contributed by atoms with Crippen LogP contribution >= 0.6 is 23.2 Å². The van der Waals surface area contributed by atoms with Crippen LogP contribution in [0.5, 0.6) is 0 Å². The first-order chi connectivity index (χ1) is 14.5. The molecule has 0 atom stereocenters. The second-order valence-corrected chi connectivity index (χ2v) is 7.14. The Balaban J connectivity index is 1.57. The molecule has 4 rings (SSSR count). The topological polar surface area (TPSA) is 109 Å². The van der Waals surface area contributed by atoms with E-state index in [9.17, 15) is 4.79 Å². The van der Waals surface area contributed by atoms with Crippen molar-refractivity contribution in [2.75, 3.05) is 5.32 Å². The van der Waals surface area contributed by atoms with E-state index in [1.54, 1.807) is 42.5 Å². The van der Waals surface area contributed by atoms with Gasteiger partial charge >= 0.3 is 0 Å². The highest BCUT2D eigenvalue weighted by atomic mass is 35.5. The average Bonchev–Trinajstić information content (AvgIpc) is 3.34. The molecule has 0 aliphatic heterocycles. The van der Waals surface area contributed by atoms with Crippen molar-refractivity contribution in [3.05, 3.63) is 82.0 Å². The zero-order valence-corrected chi connectivity index (χ0v) is 16.9. The number of nitrogens with zero attached hydrogens (tertiary/aromatic N) is 2. The first-order valence-corrected chi connectivity index (χ1v) is 9.56. The molecular weight excluding hydrogens is 425 g/mol. The molecule has 4 N–H and O–H groups in total. The van der Waals surface area contributed by atoms with E-state index >= 15 is 0 Å². The van der Waals surface area contributed by atoms with E-state index in [1.165, 1.54) is 6.21 Å². The summed E-state index contributed by atoms with van der Waals surface area (Å²) in [5.74, 6) is 0.932. The lowest BCUT2D eigenvalue weighted by molar-refractivity contribution is 0.100. The molecule has 0 fully saturated rings. The monoisotopic (exact) mass is 439 g/mol. The minimum Gasteiger partial charge on any atom is -0.455 e. The highest BCUT2D eigenvalue weighted by molar-refractivity contribution is 6.31. The van der Waals surface area contributed by atoms with Crippen molar-refractivity contribution in [3.63, 3.8) is 0 Å². The molecule has 0 unspecified atom stereocenters. The lowest BCUT2D eigenvalue weighted by atomic mass is 10.2. The van der Waals surface area contributed by atoms with Gasteiger partial charge in [0.15, 0.2) is 11.6 Å². The molecule has 7 nitrogen and oxygen atoms in total. The van der Waals surface area contributed by atoms with Crippen molar-refractivity contribution >= 4 is 52.6 Å². The van der Waals surface area contributed by atoms with Gasteiger partial charge in [0.25, 0.3) is 5.91 Å². The molecule has 0 saturated carbocycles. The number of nitrogens with one attached hydrogen (secondary N) is 2. The van der Waals surface area contributed by atoms with Gasteiger partial charge in [0, 0.05) is 21.3 Å². The molecule has 0 saturated heterocycles. The van der Waals surface area contributed by atoms with Gasteiger partial charge in [0.2, 0.25) is 0 Å². The Morgan fingerprint density at radius 3 is 2.63 bits per heavy atom. The molecule has 0 radical (unpaired) electrons. The number of furan rings is 1. The summed E-state index contributed by atoms with van der Waals surface area (Å²) in [6, 6.07) is 17.9. The molecule has 0 aliphatic rings. The number of hydrogen-bond donors (Lipinski definition) is 3. The number of H-pyrrole nitrogens is 1. The van der Waals surface area contributed by atoms with Gasteiger partial charge in [-0.2, -0.15) is 5.10 Å². The van der Waals surface area contributed by atoms with Crippen molar-refractivity contribution < 1.29 is 9.21 Å². The van der Waals surface area contributed by atoms with Gasteiger partial charge in [-0.05, 0) is 54.6 Å². The van der Waals surface area contributed by atoms with Crippen LogP contribution < -0.4 is 11.1 Å². The number of anilines is 2. The molecule has 2 aromatic carbocycles. The molecule has 30 heavy (non-hydrogen) atoms. The number of hydrogen-bond acceptors (Lipinski definition) is 5. The Kier molecular flexibility index (Phi) is 5.56. The molecule has 1 amide bonds. The van der Waals surface area contributed by atoms with Crippen molar-refractivity contribution in [2.24, 2.45) is 10.7 Å². The lowest BCUT2D eigenvalue weighted by Gasteiger charge is -2.04. The summed E-state index contributed by atoms with van der Waals surface area (Å²) < 4.78 is 5.77. The Morgan fingerprint density at radius 1 is 1.10 bits per heavy atom. The summed E-state index contributed by atoms with van der Waals surface area (Å²) in [4.78, 5) is 16.3. The summed E-state index contributed by atoms with van der Waals surface area (Å²) in [5.41, 5.74) is 7.19. The second kappa shape index (κ2) is 8.44. The smallest absolute Gasteiger partial charge is 0.256 e. The van der Waals surface area contributed by atoms with Crippen molar-refractivity contribution in [1.29, 1.82) is 0 Å². The van der Waals surface area contributed by atoms with Crippen LogP contribution in [0.15, 0.2) is 70.1 Å². The maximum atomic E-state index is 12.0. The number of benzene rings is 2. The number of halogens is 2. The number of amides is 1. The van der Waals surface area contributed by atoms with Crippen LogP contribution in [-0.4, -0.2) is 22.3 Å². The van der Waals surface area contributed by atoms with Crippen LogP contribution in [0.25, 0.3) is 11.3 Å². The normalized spacial score (nSPS) is 11.1. The SMILES string of the molecule is NC(=O)c1c(Nc2cccc(Cl)c2)n[nH]c1/N=C/c1ccc(-c2ccc(Cl)cc2)o1. The van der Waals surface area contributed by atoms with Gasteiger partial charge in [0.05, 0.1) is 6.21 Å². The molecular formula is C21H15Cl2N5O2. The largest absolute Gasteiger partial charge is 0.455 e. The molecule has 0 aliphatic carbocycles. The quantitative estimate of drug-likeness (QED) is 0.341. The molecule has 4 aromatic rings.